The number of benzene rings is 1. The van der Waals surface area contributed by atoms with E-state index in [9.17, 15) is 5.11 Å². The number of aromatic nitrogens is 2. The summed E-state index contributed by atoms with van der Waals surface area (Å²) in [5.74, 6) is 0. The van der Waals surface area contributed by atoms with E-state index in [2.05, 4.69) is 29.5 Å². The summed E-state index contributed by atoms with van der Waals surface area (Å²) in [6, 6.07) is 12.4. The average Bonchev–Trinajstić information content (AvgIpc) is 2.85. The standard InChI is InChI=1S/C15H21N3O/c1-12(15-8-9-16-18(15)2)17-14(11-19)10-13-6-4-3-5-7-13/h3-9,12,14,17,19H,10-11H2,1-2H3/t12?,14-/m0/s1. The number of aliphatic hydroxyl groups is 1. The molecule has 0 fully saturated rings. The van der Waals surface area contributed by atoms with E-state index in [0.29, 0.717) is 0 Å². The van der Waals surface area contributed by atoms with Gasteiger partial charge in [-0.1, -0.05) is 30.3 Å². The molecule has 4 nitrogen and oxygen atoms in total. The van der Waals surface area contributed by atoms with Gasteiger partial charge in [0.1, 0.15) is 0 Å². The number of rotatable bonds is 6. The third kappa shape index (κ3) is 3.66. The Morgan fingerprint density at radius 3 is 2.58 bits per heavy atom. The number of hydrogen-bond donors (Lipinski definition) is 2. The van der Waals surface area contributed by atoms with Gasteiger partial charge in [-0.3, -0.25) is 4.68 Å². The second-order valence-electron chi connectivity index (χ2n) is 4.84. The van der Waals surface area contributed by atoms with Gasteiger partial charge in [0.05, 0.1) is 12.3 Å². The zero-order valence-electron chi connectivity index (χ0n) is 11.5. The fourth-order valence-corrected chi connectivity index (χ4v) is 2.32. The number of hydrogen-bond acceptors (Lipinski definition) is 3. The third-order valence-corrected chi connectivity index (χ3v) is 3.33. The molecule has 1 unspecified atom stereocenters. The second kappa shape index (κ2) is 6.50. The minimum absolute atomic E-state index is 0.0484. The summed E-state index contributed by atoms with van der Waals surface area (Å²) in [4.78, 5) is 0. The number of nitrogens with one attached hydrogen (secondary N) is 1. The monoisotopic (exact) mass is 259 g/mol. The van der Waals surface area contributed by atoms with E-state index >= 15 is 0 Å². The highest BCUT2D eigenvalue weighted by Gasteiger charge is 2.15. The van der Waals surface area contributed by atoms with Crippen LogP contribution in [0.2, 0.25) is 0 Å². The molecule has 2 N–H and O–H groups in total. The van der Waals surface area contributed by atoms with Crippen molar-refractivity contribution in [1.29, 1.82) is 0 Å². The third-order valence-electron chi connectivity index (χ3n) is 3.33. The maximum Gasteiger partial charge on any atom is 0.0588 e. The highest BCUT2D eigenvalue weighted by molar-refractivity contribution is 5.16. The predicted molar refractivity (Wildman–Crippen MR) is 75.8 cm³/mol. The normalized spacial score (nSPS) is 14.3. The van der Waals surface area contributed by atoms with Crippen molar-refractivity contribution in [3.8, 4) is 0 Å². The molecular weight excluding hydrogens is 238 g/mol. The molecule has 0 amide bonds. The Kier molecular flexibility index (Phi) is 4.71. The van der Waals surface area contributed by atoms with Crippen molar-refractivity contribution in [3.05, 3.63) is 53.9 Å². The molecule has 0 aliphatic rings. The van der Waals surface area contributed by atoms with E-state index in [1.807, 2.05) is 36.0 Å². The molecule has 0 radical (unpaired) electrons. The van der Waals surface area contributed by atoms with Crippen LogP contribution in [0, 0.1) is 0 Å². The minimum atomic E-state index is 0.0484. The van der Waals surface area contributed by atoms with Crippen LogP contribution >= 0.6 is 0 Å². The van der Waals surface area contributed by atoms with Crippen LogP contribution in [0.25, 0.3) is 0 Å². The molecule has 1 aromatic heterocycles. The van der Waals surface area contributed by atoms with Crippen LogP contribution in [-0.2, 0) is 13.5 Å². The molecule has 0 spiro atoms. The largest absolute Gasteiger partial charge is 0.395 e. The topological polar surface area (TPSA) is 50.1 Å². The molecule has 2 aromatic rings. The Morgan fingerprint density at radius 2 is 2.00 bits per heavy atom. The fraction of sp³-hybridized carbons (Fsp3) is 0.400. The van der Waals surface area contributed by atoms with Crippen LogP contribution < -0.4 is 5.32 Å². The molecule has 1 aromatic carbocycles. The molecule has 0 aliphatic carbocycles. The van der Waals surface area contributed by atoms with Crippen LogP contribution in [0.4, 0.5) is 0 Å². The van der Waals surface area contributed by atoms with E-state index < -0.39 is 0 Å². The number of aliphatic hydroxyl groups excluding tert-OH is 1. The molecule has 1 heterocycles. The van der Waals surface area contributed by atoms with Gasteiger partial charge in [-0.2, -0.15) is 5.10 Å². The van der Waals surface area contributed by atoms with Gasteiger partial charge in [0.15, 0.2) is 0 Å². The zero-order valence-corrected chi connectivity index (χ0v) is 11.5. The lowest BCUT2D eigenvalue weighted by Gasteiger charge is -2.22. The van der Waals surface area contributed by atoms with Crippen LogP contribution in [0.5, 0.6) is 0 Å². The summed E-state index contributed by atoms with van der Waals surface area (Å²) < 4.78 is 1.86. The predicted octanol–water partition coefficient (Wildman–Crippen LogP) is 1.67. The van der Waals surface area contributed by atoms with Crippen molar-refractivity contribution in [1.82, 2.24) is 15.1 Å². The van der Waals surface area contributed by atoms with E-state index in [1.165, 1.54) is 5.56 Å². The van der Waals surface area contributed by atoms with Crippen LogP contribution in [-0.4, -0.2) is 27.5 Å². The van der Waals surface area contributed by atoms with E-state index in [0.717, 1.165) is 12.1 Å². The SMILES string of the molecule is CC(N[C@H](CO)Cc1ccccc1)c1ccnn1C. The van der Waals surface area contributed by atoms with Crippen molar-refractivity contribution in [2.45, 2.75) is 25.4 Å². The van der Waals surface area contributed by atoms with Gasteiger partial charge in [0.25, 0.3) is 0 Å². The zero-order chi connectivity index (χ0) is 13.7. The quantitative estimate of drug-likeness (QED) is 0.829. The van der Waals surface area contributed by atoms with Crippen molar-refractivity contribution in [3.63, 3.8) is 0 Å². The number of aryl methyl sites for hydroxylation is 1. The molecule has 19 heavy (non-hydrogen) atoms. The fourth-order valence-electron chi connectivity index (χ4n) is 2.32. The average molecular weight is 259 g/mol. The van der Waals surface area contributed by atoms with Crippen LogP contribution in [0.1, 0.15) is 24.2 Å². The molecule has 0 saturated heterocycles. The van der Waals surface area contributed by atoms with Crippen LogP contribution in [0.3, 0.4) is 0 Å². The Labute approximate surface area is 114 Å². The Hall–Kier alpha value is -1.65. The molecule has 102 valence electrons. The van der Waals surface area contributed by atoms with E-state index in [1.54, 1.807) is 6.20 Å². The first-order valence-corrected chi connectivity index (χ1v) is 6.59. The lowest BCUT2D eigenvalue weighted by Crippen LogP contribution is -2.37. The first-order valence-electron chi connectivity index (χ1n) is 6.59. The first kappa shape index (κ1) is 13.8. The molecule has 2 rings (SSSR count). The minimum Gasteiger partial charge on any atom is -0.395 e. The molecule has 0 aliphatic heterocycles. The lowest BCUT2D eigenvalue weighted by molar-refractivity contribution is 0.231. The second-order valence-corrected chi connectivity index (χ2v) is 4.84. The molecule has 2 atom stereocenters. The highest BCUT2D eigenvalue weighted by atomic mass is 16.3. The highest BCUT2D eigenvalue weighted by Crippen LogP contribution is 2.12. The maximum atomic E-state index is 9.52. The van der Waals surface area contributed by atoms with Crippen LogP contribution in [0.15, 0.2) is 42.6 Å². The maximum absolute atomic E-state index is 9.52. The summed E-state index contributed by atoms with van der Waals surface area (Å²) in [5, 5.41) is 17.1. The summed E-state index contributed by atoms with van der Waals surface area (Å²) >= 11 is 0. The van der Waals surface area contributed by atoms with Gasteiger partial charge in [0.2, 0.25) is 0 Å². The van der Waals surface area contributed by atoms with Gasteiger partial charge < -0.3 is 10.4 Å². The Bertz CT molecular complexity index is 495. The van der Waals surface area contributed by atoms with Gasteiger partial charge in [-0.05, 0) is 25.0 Å². The van der Waals surface area contributed by atoms with E-state index in [-0.39, 0.29) is 18.7 Å². The van der Waals surface area contributed by atoms with Gasteiger partial charge in [0, 0.05) is 25.3 Å². The summed E-state index contributed by atoms with van der Waals surface area (Å²) in [6.45, 7) is 2.21. The summed E-state index contributed by atoms with van der Waals surface area (Å²) in [6.07, 6.45) is 2.61. The smallest absolute Gasteiger partial charge is 0.0588 e. The molecule has 0 saturated carbocycles. The lowest BCUT2D eigenvalue weighted by atomic mass is 10.1. The molecule has 4 heteroatoms. The molecule has 0 bridgehead atoms. The van der Waals surface area contributed by atoms with Gasteiger partial charge >= 0.3 is 0 Å². The summed E-state index contributed by atoms with van der Waals surface area (Å²) in [5.41, 5.74) is 2.35. The Balaban J connectivity index is 1.98. The van der Waals surface area contributed by atoms with Gasteiger partial charge in [-0.25, -0.2) is 0 Å². The van der Waals surface area contributed by atoms with Gasteiger partial charge in [-0.15, -0.1) is 0 Å². The van der Waals surface area contributed by atoms with Crippen molar-refractivity contribution < 1.29 is 5.11 Å². The first-order chi connectivity index (χ1) is 9.20. The Morgan fingerprint density at radius 1 is 1.26 bits per heavy atom. The molecular formula is C15H21N3O. The van der Waals surface area contributed by atoms with Crippen molar-refractivity contribution >= 4 is 0 Å². The number of nitrogens with zero attached hydrogens (tertiary/aromatic N) is 2. The summed E-state index contributed by atoms with van der Waals surface area (Å²) in [7, 11) is 1.93. The van der Waals surface area contributed by atoms with Crippen molar-refractivity contribution in [2.24, 2.45) is 7.05 Å². The van der Waals surface area contributed by atoms with E-state index in [4.69, 9.17) is 0 Å². The van der Waals surface area contributed by atoms with Crippen molar-refractivity contribution in [2.75, 3.05) is 6.61 Å².